The van der Waals surface area contributed by atoms with Crippen molar-refractivity contribution in [2.24, 2.45) is 0 Å². The van der Waals surface area contributed by atoms with Crippen molar-refractivity contribution in [2.45, 2.75) is 43.0 Å². The van der Waals surface area contributed by atoms with Gasteiger partial charge >= 0.3 is 0 Å². The van der Waals surface area contributed by atoms with E-state index < -0.39 is 15.8 Å². The lowest BCUT2D eigenvalue weighted by Crippen LogP contribution is -2.47. The average molecular weight is 451 g/mol. The van der Waals surface area contributed by atoms with Crippen molar-refractivity contribution in [3.05, 3.63) is 53.6 Å². The molecule has 8 heteroatoms. The molecule has 1 amide bonds. The highest BCUT2D eigenvalue weighted by Gasteiger charge is 2.22. The number of benzene rings is 2. The van der Waals surface area contributed by atoms with Gasteiger partial charge in [0, 0.05) is 6.54 Å². The summed E-state index contributed by atoms with van der Waals surface area (Å²) in [6.07, 6.45) is 2.89. The minimum atomic E-state index is -3.53. The van der Waals surface area contributed by atoms with Gasteiger partial charge in [-0.1, -0.05) is 43.7 Å². The van der Waals surface area contributed by atoms with Crippen molar-refractivity contribution < 1.29 is 13.2 Å². The summed E-state index contributed by atoms with van der Waals surface area (Å²) in [6, 6.07) is 16.0. The van der Waals surface area contributed by atoms with E-state index in [1.165, 1.54) is 12.1 Å². The maximum Gasteiger partial charge on any atom is 0.237 e. The molecule has 32 heavy (non-hydrogen) atoms. The van der Waals surface area contributed by atoms with Crippen LogP contribution in [0.5, 0.6) is 0 Å². The molecule has 1 aliphatic heterocycles. The zero-order valence-corrected chi connectivity index (χ0v) is 18.8. The summed E-state index contributed by atoms with van der Waals surface area (Å²) in [5.74, 6) is -0.659. The Morgan fingerprint density at radius 3 is 2.47 bits per heavy atom. The van der Waals surface area contributed by atoms with Crippen LogP contribution in [0.1, 0.15) is 43.2 Å². The van der Waals surface area contributed by atoms with Gasteiger partial charge in [-0.05, 0) is 48.2 Å². The molecule has 2 aromatic rings. The van der Waals surface area contributed by atoms with Gasteiger partial charge in [0.25, 0.3) is 0 Å². The fraction of sp³-hybridized carbons (Fsp3) is 0.375. The van der Waals surface area contributed by atoms with E-state index in [1.807, 2.05) is 18.2 Å². The first kappa shape index (κ1) is 23.5. The van der Waals surface area contributed by atoms with Crippen molar-refractivity contribution in [1.82, 2.24) is 10.6 Å². The number of hydrogen-bond donors (Lipinski definition) is 2. The lowest BCUT2D eigenvalue weighted by atomic mass is 9.96. The lowest BCUT2D eigenvalue weighted by Gasteiger charge is -2.23. The average Bonchev–Trinajstić information content (AvgIpc) is 2.84. The van der Waals surface area contributed by atoms with Gasteiger partial charge in [-0.15, -0.1) is 0 Å². The van der Waals surface area contributed by atoms with Gasteiger partial charge in [-0.25, -0.2) is 8.42 Å². The number of rotatable bonds is 7. The monoisotopic (exact) mass is 450 g/mol. The molecule has 2 aromatic carbocycles. The zero-order valence-electron chi connectivity index (χ0n) is 18.0. The summed E-state index contributed by atoms with van der Waals surface area (Å²) in [6.45, 7) is 2.60. The SMILES string of the molecule is CCS(=O)(=O)c1cc(-c2ccc([C@@H](C#N)CNC(=O)[C@@H]3CCCCN3)cc2)ccc1C#N. The van der Waals surface area contributed by atoms with Crippen LogP contribution in [0, 0.1) is 22.7 Å². The molecule has 0 radical (unpaired) electrons. The van der Waals surface area contributed by atoms with E-state index in [1.54, 1.807) is 25.1 Å². The highest BCUT2D eigenvalue weighted by molar-refractivity contribution is 7.91. The Bertz CT molecular complexity index is 1160. The molecule has 2 N–H and O–H groups in total. The van der Waals surface area contributed by atoms with Gasteiger partial charge in [0.1, 0.15) is 6.07 Å². The molecule has 7 nitrogen and oxygen atoms in total. The minimum Gasteiger partial charge on any atom is -0.353 e. The van der Waals surface area contributed by atoms with Crippen LogP contribution in [0.25, 0.3) is 11.1 Å². The van der Waals surface area contributed by atoms with E-state index in [2.05, 4.69) is 16.7 Å². The first-order valence-electron chi connectivity index (χ1n) is 10.7. The molecular formula is C24H26N4O3S. The van der Waals surface area contributed by atoms with Gasteiger partial charge < -0.3 is 10.6 Å². The number of nitrogens with one attached hydrogen (secondary N) is 2. The highest BCUT2D eigenvalue weighted by atomic mass is 32.2. The Labute approximate surface area is 189 Å². The summed E-state index contributed by atoms with van der Waals surface area (Å²) < 4.78 is 24.7. The molecule has 166 valence electrons. The van der Waals surface area contributed by atoms with E-state index >= 15 is 0 Å². The minimum absolute atomic E-state index is 0.0259. The summed E-state index contributed by atoms with van der Waals surface area (Å²) in [5.41, 5.74) is 2.34. The number of amides is 1. The number of nitriles is 2. The summed E-state index contributed by atoms with van der Waals surface area (Å²) in [5, 5.41) is 24.9. The Morgan fingerprint density at radius 2 is 1.88 bits per heavy atom. The predicted molar refractivity (Wildman–Crippen MR) is 121 cm³/mol. The van der Waals surface area contributed by atoms with Gasteiger partial charge in [0.2, 0.25) is 5.91 Å². The third-order valence-corrected chi connectivity index (χ3v) is 7.49. The van der Waals surface area contributed by atoms with Crippen LogP contribution in [0.15, 0.2) is 47.4 Å². The van der Waals surface area contributed by atoms with E-state index in [-0.39, 0.29) is 34.7 Å². The van der Waals surface area contributed by atoms with Crippen LogP contribution in [0.3, 0.4) is 0 Å². The van der Waals surface area contributed by atoms with Gasteiger partial charge in [-0.2, -0.15) is 10.5 Å². The Kier molecular flexibility index (Phi) is 7.63. The Hall–Kier alpha value is -3.20. The van der Waals surface area contributed by atoms with E-state index in [4.69, 9.17) is 0 Å². The summed E-state index contributed by atoms with van der Waals surface area (Å²) >= 11 is 0. The summed E-state index contributed by atoms with van der Waals surface area (Å²) in [4.78, 5) is 12.3. The number of carbonyl (C=O) groups is 1. The molecule has 1 saturated heterocycles. The third kappa shape index (κ3) is 5.34. The van der Waals surface area contributed by atoms with E-state index in [0.717, 1.165) is 36.9 Å². The van der Waals surface area contributed by atoms with E-state index in [9.17, 15) is 23.7 Å². The normalized spacial score (nSPS) is 17.0. The molecular weight excluding hydrogens is 424 g/mol. The maximum atomic E-state index is 12.4. The Balaban J connectivity index is 1.75. The molecule has 1 aliphatic rings. The second-order valence-corrected chi connectivity index (χ2v) is 10.0. The van der Waals surface area contributed by atoms with Crippen molar-refractivity contribution in [2.75, 3.05) is 18.8 Å². The van der Waals surface area contributed by atoms with E-state index in [0.29, 0.717) is 5.56 Å². The van der Waals surface area contributed by atoms with Gasteiger partial charge in [-0.3, -0.25) is 4.79 Å². The smallest absolute Gasteiger partial charge is 0.237 e. The second kappa shape index (κ2) is 10.4. The number of sulfone groups is 1. The molecule has 0 saturated carbocycles. The molecule has 3 rings (SSSR count). The van der Waals surface area contributed by atoms with Crippen LogP contribution in [0.2, 0.25) is 0 Å². The standard InChI is InChI=1S/C24H26N4O3S/c1-2-32(30,31)23-13-19(10-11-20(23)14-25)17-6-8-18(9-7-17)21(15-26)16-28-24(29)22-5-3-4-12-27-22/h6-11,13,21-22,27H,2-5,12,16H2,1H3,(H,28,29)/t21-,22-/m0/s1. The molecule has 0 aliphatic carbocycles. The van der Waals surface area contributed by atoms with Gasteiger partial charge in [0.15, 0.2) is 9.84 Å². The number of hydrogen-bond acceptors (Lipinski definition) is 6. The first-order chi connectivity index (χ1) is 15.4. The largest absolute Gasteiger partial charge is 0.353 e. The molecule has 0 spiro atoms. The molecule has 0 aromatic heterocycles. The molecule has 2 atom stereocenters. The lowest BCUT2D eigenvalue weighted by molar-refractivity contribution is -0.123. The number of carbonyl (C=O) groups excluding carboxylic acids is 1. The van der Waals surface area contributed by atoms with Crippen molar-refractivity contribution in [3.8, 4) is 23.3 Å². The quantitative estimate of drug-likeness (QED) is 0.669. The van der Waals surface area contributed by atoms with Crippen LogP contribution in [-0.4, -0.2) is 39.2 Å². The maximum absolute atomic E-state index is 12.4. The van der Waals surface area contributed by atoms with Crippen molar-refractivity contribution in [1.29, 1.82) is 10.5 Å². The first-order valence-corrected chi connectivity index (χ1v) is 12.3. The third-order valence-electron chi connectivity index (χ3n) is 5.73. The van der Waals surface area contributed by atoms with Crippen molar-refractivity contribution in [3.63, 3.8) is 0 Å². The van der Waals surface area contributed by atoms with Crippen LogP contribution < -0.4 is 10.6 Å². The number of nitrogens with zero attached hydrogens (tertiary/aromatic N) is 2. The summed E-state index contributed by atoms with van der Waals surface area (Å²) in [7, 11) is -3.53. The highest BCUT2D eigenvalue weighted by Crippen LogP contribution is 2.27. The molecule has 1 heterocycles. The molecule has 0 bridgehead atoms. The van der Waals surface area contributed by atoms with Crippen LogP contribution >= 0.6 is 0 Å². The second-order valence-electron chi connectivity index (χ2n) is 7.78. The predicted octanol–water partition coefficient (Wildman–Crippen LogP) is 2.88. The Morgan fingerprint density at radius 1 is 1.16 bits per heavy atom. The fourth-order valence-corrected chi connectivity index (χ4v) is 4.82. The van der Waals surface area contributed by atoms with Crippen LogP contribution in [0.4, 0.5) is 0 Å². The van der Waals surface area contributed by atoms with Crippen molar-refractivity contribution >= 4 is 15.7 Å². The fourth-order valence-electron chi connectivity index (χ4n) is 3.75. The van der Waals surface area contributed by atoms with Gasteiger partial charge in [0.05, 0.1) is 34.2 Å². The molecule has 1 fully saturated rings. The van der Waals surface area contributed by atoms with Crippen LogP contribution in [-0.2, 0) is 14.6 Å². The topological polar surface area (TPSA) is 123 Å². The number of piperidine rings is 1. The molecule has 0 unspecified atom stereocenters. The zero-order chi connectivity index (χ0) is 23.1.